The Hall–Kier alpha value is -1.79. The Morgan fingerprint density at radius 1 is 1.12 bits per heavy atom. The quantitative estimate of drug-likeness (QED) is 0.853. The lowest BCUT2D eigenvalue weighted by atomic mass is 9.86. The number of piperazine rings is 1. The Bertz CT molecular complexity index is 710. The summed E-state index contributed by atoms with van der Waals surface area (Å²) in [6.07, 6.45) is 1.33. The van der Waals surface area contributed by atoms with E-state index in [9.17, 15) is 9.90 Å². The average molecular weight is 362 g/mol. The van der Waals surface area contributed by atoms with Crippen molar-refractivity contribution in [1.29, 1.82) is 0 Å². The lowest BCUT2D eigenvalue weighted by Crippen LogP contribution is -2.58. The van der Waals surface area contributed by atoms with Crippen molar-refractivity contribution in [2.24, 2.45) is 0 Å². The Morgan fingerprint density at radius 2 is 1.77 bits per heavy atom. The number of amides is 1. The summed E-state index contributed by atoms with van der Waals surface area (Å²) < 4.78 is 6.30. The van der Waals surface area contributed by atoms with Crippen molar-refractivity contribution in [3.05, 3.63) is 22.3 Å². The van der Waals surface area contributed by atoms with Crippen LogP contribution in [0.3, 0.4) is 0 Å². The molecule has 1 saturated heterocycles. The van der Waals surface area contributed by atoms with Crippen LogP contribution in [0.4, 0.5) is 0 Å². The summed E-state index contributed by atoms with van der Waals surface area (Å²) in [5.41, 5.74) is 2.73. The molecule has 2 N–H and O–H groups in total. The van der Waals surface area contributed by atoms with Crippen LogP contribution in [0.2, 0.25) is 0 Å². The van der Waals surface area contributed by atoms with Gasteiger partial charge in [0.2, 0.25) is 0 Å². The molecule has 0 unspecified atom stereocenters. The van der Waals surface area contributed by atoms with Crippen molar-refractivity contribution in [1.82, 2.24) is 9.80 Å². The third-order valence-corrected chi connectivity index (χ3v) is 6.05. The maximum absolute atomic E-state index is 13.2. The summed E-state index contributed by atoms with van der Waals surface area (Å²) in [6, 6.07) is 0. The molecule has 144 valence electrons. The number of carbonyl (C=O) groups is 1. The van der Waals surface area contributed by atoms with Gasteiger partial charge in [0, 0.05) is 44.7 Å². The smallest absolute Gasteiger partial charge is 0.266 e. The SMILES string of the molecule is Cc1c(C)c2c(c(C)c1O)CC[C@@](C)(C(=O)N1CCN(CCO)CC1)O2. The molecule has 26 heavy (non-hydrogen) atoms. The third-order valence-electron chi connectivity index (χ3n) is 6.05. The van der Waals surface area contributed by atoms with Gasteiger partial charge in [0.15, 0.2) is 5.60 Å². The number of aliphatic hydroxyl groups excluding tert-OH is 1. The molecule has 2 aliphatic rings. The molecule has 1 aromatic carbocycles. The summed E-state index contributed by atoms with van der Waals surface area (Å²) in [5, 5.41) is 19.4. The van der Waals surface area contributed by atoms with Crippen molar-refractivity contribution < 1.29 is 19.7 Å². The van der Waals surface area contributed by atoms with E-state index in [1.807, 2.05) is 32.6 Å². The van der Waals surface area contributed by atoms with Crippen LogP contribution in [0.15, 0.2) is 0 Å². The first-order valence-corrected chi connectivity index (χ1v) is 9.41. The number of carbonyl (C=O) groups excluding carboxylic acids is 1. The lowest BCUT2D eigenvalue weighted by Gasteiger charge is -2.42. The maximum atomic E-state index is 13.2. The highest BCUT2D eigenvalue weighted by atomic mass is 16.5. The second kappa shape index (κ2) is 7.08. The lowest BCUT2D eigenvalue weighted by molar-refractivity contribution is -0.150. The van der Waals surface area contributed by atoms with Crippen LogP contribution in [0.1, 0.15) is 35.6 Å². The number of fused-ring (bicyclic) bond motifs is 1. The first-order chi connectivity index (χ1) is 12.3. The van der Waals surface area contributed by atoms with Crippen LogP contribution in [0.5, 0.6) is 11.5 Å². The Kier molecular flexibility index (Phi) is 5.17. The molecule has 1 fully saturated rings. The molecule has 6 heteroatoms. The fourth-order valence-corrected chi connectivity index (χ4v) is 4.05. The molecule has 0 radical (unpaired) electrons. The predicted molar refractivity (Wildman–Crippen MR) is 99.8 cm³/mol. The summed E-state index contributed by atoms with van der Waals surface area (Å²) in [4.78, 5) is 17.2. The maximum Gasteiger partial charge on any atom is 0.266 e. The van der Waals surface area contributed by atoms with E-state index in [-0.39, 0.29) is 12.5 Å². The number of phenolic OH excluding ortho intramolecular Hbond substituents is 1. The van der Waals surface area contributed by atoms with Gasteiger partial charge < -0.3 is 19.8 Å². The van der Waals surface area contributed by atoms with Gasteiger partial charge in [-0.2, -0.15) is 0 Å². The number of hydrogen-bond donors (Lipinski definition) is 2. The summed E-state index contributed by atoms with van der Waals surface area (Å²) in [5.74, 6) is 1.13. The number of rotatable bonds is 3. The number of aromatic hydroxyl groups is 1. The normalized spacial score (nSPS) is 23.5. The highest BCUT2D eigenvalue weighted by molar-refractivity contribution is 5.86. The van der Waals surface area contributed by atoms with E-state index in [2.05, 4.69) is 4.90 Å². The zero-order valence-corrected chi connectivity index (χ0v) is 16.3. The van der Waals surface area contributed by atoms with Crippen LogP contribution in [0.25, 0.3) is 0 Å². The molecule has 1 amide bonds. The van der Waals surface area contributed by atoms with Crippen LogP contribution >= 0.6 is 0 Å². The number of β-amino-alcohol motifs (C(OH)–C–C–N with tert-alkyl or cyclic N) is 1. The first kappa shape index (κ1) is 19.0. The number of phenols is 1. The topological polar surface area (TPSA) is 73.2 Å². The van der Waals surface area contributed by atoms with Crippen molar-refractivity contribution in [3.63, 3.8) is 0 Å². The van der Waals surface area contributed by atoms with E-state index in [1.165, 1.54) is 0 Å². The fourth-order valence-electron chi connectivity index (χ4n) is 4.05. The van der Waals surface area contributed by atoms with Crippen molar-refractivity contribution in [2.75, 3.05) is 39.3 Å². The van der Waals surface area contributed by atoms with Gasteiger partial charge in [-0.1, -0.05) is 0 Å². The van der Waals surface area contributed by atoms with Gasteiger partial charge in [-0.25, -0.2) is 0 Å². The van der Waals surface area contributed by atoms with Gasteiger partial charge in [0.05, 0.1) is 6.61 Å². The standard InChI is InChI=1S/C20H30N2O4/c1-13-14(2)18-16(15(3)17(13)24)5-6-20(4,26-18)19(25)22-9-7-21(8-10-22)11-12-23/h23-24H,5-12H2,1-4H3/t20-/m0/s1. The molecule has 0 aromatic heterocycles. The van der Waals surface area contributed by atoms with E-state index in [0.29, 0.717) is 31.8 Å². The minimum Gasteiger partial charge on any atom is -0.507 e. The molecule has 0 aliphatic carbocycles. The molecule has 0 spiro atoms. The van der Waals surface area contributed by atoms with Crippen LogP contribution < -0.4 is 4.74 Å². The first-order valence-electron chi connectivity index (χ1n) is 9.41. The van der Waals surface area contributed by atoms with Crippen molar-refractivity contribution in [2.45, 2.75) is 46.1 Å². The zero-order valence-electron chi connectivity index (χ0n) is 16.3. The molecule has 3 rings (SSSR count). The molecule has 1 aromatic rings. The third kappa shape index (κ3) is 3.16. The number of nitrogens with zero attached hydrogens (tertiary/aromatic N) is 2. The van der Waals surface area contributed by atoms with Crippen LogP contribution in [-0.4, -0.2) is 70.9 Å². The van der Waals surface area contributed by atoms with E-state index in [4.69, 9.17) is 9.84 Å². The van der Waals surface area contributed by atoms with Gasteiger partial charge >= 0.3 is 0 Å². The largest absolute Gasteiger partial charge is 0.507 e. The Morgan fingerprint density at radius 3 is 2.38 bits per heavy atom. The molecule has 1 atom stereocenters. The number of ether oxygens (including phenoxy) is 1. The Balaban J connectivity index is 1.80. The molecule has 2 aliphatic heterocycles. The average Bonchev–Trinajstić information content (AvgIpc) is 2.65. The van der Waals surface area contributed by atoms with E-state index in [1.54, 1.807) is 0 Å². The fraction of sp³-hybridized carbons (Fsp3) is 0.650. The van der Waals surface area contributed by atoms with Crippen LogP contribution in [0, 0.1) is 20.8 Å². The molecule has 0 bridgehead atoms. The zero-order chi connectivity index (χ0) is 19.1. The highest BCUT2D eigenvalue weighted by Gasteiger charge is 2.43. The summed E-state index contributed by atoms with van der Waals surface area (Å²) in [6.45, 7) is 11.3. The van der Waals surface area contributed by atoms with Crippen molar-refractivity contribution in [3.8, 4) is 11.5 Å². The second-order valence-corrected chi connectivity index (χ2v) is 7.72. The van der Waals surface area contributed by atoms with E-state index < -0.39 is 5.60 Å². The van der Waals surface area contributed by atoms with E-state index >= 15 is 0 Å². The number of hydrogen-bond acceptors (Lipinski definition) is 5. The van der Waals surface area contributed by atoms with Crippen molar-refractivity contribution >= 4 is 5.91 Å². The molecule has 2 heterocycles. The second-order valence-electron chi connectivity index (χ2n) is 7.72. The highest BCUT2D eigenvalue weighted by Crippen LogP contribution is 2.43. The predicted octanol–water partition coefficient (Wildman–Crippen LogP) is 1.54. The summed E-state index contributed by atoms with van der Waals surface area (Å²) >= 11 is 0. The minimum atomic E-state index is -0.868. The Labute approximate surface area is 155 Å². The van der Waals surface area contributed by atoms with Gasteiger partial charge in [-0.05, 0) is 50.8 Å². The molecule has 6 nitrogen and oxygen atoms in total. The van der Waals surface area contributed by atoms with Gasteiger partial charge in [0.25, 0.3) is 5.91 Å². The number of benzene rings is 1. The van der Waals surface area contributed by atoms with E-state index in [0.717, 1.165) is 47.5 Å². The summed E-state index contributed by atoms with van der Waals surface area (Å²) in [7, 11) is 0. The van der Waals surface area contributed by atoms with Gasteiger partial charge in [-0.15, -0.1) is 0 Å². The monoisotopic (exact) mass is 362 g/mol. The molecular weight excluding hydrogens is 332 g/mol. The number of aliphatic hydroxyl groups is 1. The van der Waals surface area contributed by atoms with Gasteiger partial charge in [-0.3, -0.25) is 9.69 Å². The molecule has 0 saturated carbocycles. The van der Waals surface area contributed by atoms with Crippen LogP contribution in [-0.2, 0) is 11.2 Å². The van der Waals surface area contributed by atoms with Gasteiger partial charge in [0.1, 0.15) is 11.5 Å². The minimum absolute atomic E-state index is 0.0366. The molecular formula is C20H30N2O4.